The Morgan fingerprint density at radius 3 is 0.421 bits per heavy atom. The van der Waals surface area contributed by atoms with Gasteiger partial charge in [-0.1, -0.05) is 36.4 Å². The van der Waals surface area contributed by atoms with Crippen molar-refractivity contribution in [2.24, 2.45) is 30.6 Å². The largest absolute Gasteiger partial charge is 0.478 e. The van der Waals surface area contributed by atoms with Crippen molar-refractivity contribution >= 4 is 104 Å². The first-order valence-corrected chi connectivity index (χ1v) is 34.2. The van der Waals surface area contributed by atoms with Gasteiger partial charge in [0.1, 0.15) is 0 Å². The van der Waals surface area contributed by atoms with Gasteiger partial charge in [0, 0.05) is 108 Å². The van der Waals surface area contributed by atoms with Crippen LogP contribution in [0.5, 0.6) is 0 Å². The second-order valence-corrected chi connectivity index (χ2v) is 23.6. The lowest BCUT2D eigenvalue weighted by Crippen LogP contribution is -2.00. The van der Waals surface area contributed by atoms with Crippen molar-refractivity contribution in [2.45, 2.75) is 41.5 Å². The normalized spacial score (nSPS) is 11.1. The number of anilines is 6. The number of nitrogens with zero attached hydrogens (tertiary/aromatic N) is 12. The fraction of sp³-hybridized carbons (Fsp3) is 0.0714. The minimum atomic E-state index is -0.943. The van der Waals surface area contributed by atoms with Gasteiger partial charge in [-0.15, -0.1) is 0 Å². The molecule has 0 spiro atoms. The van der Waals surface area contributed by atoms with Gasteiger partial charge in [-0.25, -0.2) is 28.8 Å². The van der Waals surface area contributed by atoms with Crippen molar-refractivity contribution in [3.8, 4) is 0 Å². The van der Waals surface area contributed by atoms with E-state index >= 15 is 0 Å². The number of carboxylic acids is 6. The van der Waals surface area contributed by atoms with Gasteiger partial charge >= 0.3 is 35.8 Å². The highest BCUT2D eigenvalue weighted by molar-refractivity contribution is 6.02. The minimum Gasteiger partial charge on any atom is -0.478 e. The van der Waals surface area contributed by atoms with E-state index < -0.39 is 35.8 Å². The average molecular weight is 1530 g/mol. The number of hydrogen-bond donors (Lipinski definition) is 12. The van der Waals surface area contributed by atoms with E-state index in [1.165, 1.54) is 72.8 Å². The van der Waals surface area contributed by atoms with Crippen molar-refractivity contribution in [3.05, 3.63) is 360 Å². The number of hydrazone groups is 6. The van der Waals surface area contributed by atoms with Gasteiger partial charge < -0.3 is 30.6 Å². The smallest absolute Gasteiger partial charge is 0.335 e. The first kappa shape index (κ1) is 85.1. The van der Waals surface area contributed by atoms with Gasteiger partial charge in [-0.3, -0.25) is 62.5 Å². The monoisotopic (exact) mass is 1530 g/mol. The van der Waals surface area contributed by atoms with Crippen LogP contribution in [0.2, 0.25) is 0 Å². The molecule has 6 aromatic heterocycles. The zero-order chi connectivity index (χ0) is 82.0. The van der Waals surface area contributed by atoms with E-state index in [0.29, 0.717) is 0 Å². The third-order valence-electron chi connectivity index (χ3n) is 15.4. The summed E-state index contributed by atoms with van der Waals surface area (Å²) in [7, 11) is 0. The Morgan fingerprint density at radius 1 is 0.202 bits per heavy atom. The summed E-state index contributed by atoms with van der Waals surface area (Å²) in [6.07, 6.45) is 20.6. The van der Waals surface area contributed by atoms with Crippen molar-refractivity contribution in [1.82, 2.24) is 29.9 Å². The van der Waals surface area contributed by atoms with Crippen LogP contribution in [0.25, 0.3) is 0 Å². The van der Waals surface area contributed by atoms with Crippen LogP contribution in [0, 0.1) is 0 Å². The number of pyridine rings is 6. The summed E-state index contributed by atoms with van der Waals surface area (Å²) in [6.45, 7) is 11.2. The first-order valence-electron chi connectivity index (χ1n) is 34.2. The zero-order valence-electron chi connectivity index (χ0n) is 62.2. The summed E-state index contributed by atoms with van der Waals surface area (Å²) in [5.41, 5.74) is 33.5. The Bertz CT molecular complexity index is 4410. The SMILES string of the molecule is C/C(=N\Nc1ccc(C(=O)O)cc1)c1cccnc1.C/C(=N\Nc1ccc(C(=O)O)cc1)c1cccnc1.C/C(=N\Nc1ccc(C(=O)O)cc1)c1cccnc1.C/C(=N\Nc1ccc(C(=O)O)cc1)c1cccnc1.C/C(=N\Nc1ccc(C(=O)O)cc1)c1cccnc1.C/C(=N\Nc1ccc(C(=O)O)cc1)c1cccnc1. The highest BCUT2D eigenvalue weighted by Crippen LogP contribution is 2.17. The maximum atomic E-state index is 10.7. The molecule has 30 heteroatoms. The van der Waals surface area contributed by atoms with Gasteiger partial charge in [0.15, 0.2) is 0 Å². The second-order valence-electron chi connectivity index (χ2n) is 23.6. The van der Waals surface area contributed by atoms with Crippen LogP contribution in [0.15, 0.2) is 323 Å². The molecule has 114 heavy (non-hydrogen) atoms. The van der Waals surface area contributed by atoms with Crippen LogP contribution in [0.3, 0.4) is 0 Å². The summed E-state index contributed by atoms with van der Waals surface area (Å²) in [5.74, 6) is -5.66. The third kappa shape index (κ3) is 29.9. The van der Waals surface area contributed by atoms with Crippen LogP contribution in [0.4, 0.5) is 34.1 Å². The van der Waals surface area contributed by atoms with Gasteiger partial charge in [-0.05, 0) is 224 Å². The molecule has 12 aromatic rings. The predicted molar refractivity (Wildman–Crippen MR) is 441 cm³/mol. The van der Waals surface area contributed by atoms with E-state index in [2.05, 4.69) is 93.1 Å². The van der Waals surface area contributed by atoms with Crippen molar-refractivity contribution in [3.63, 3.8) is 0 Å². The minimum absolute atomic E-state index is 0.249. The molecule has 0 saturated carbocycles. The molecule has 6 heterocycles. The maximum absolute atomic E-state index is 10.7. The number of hydrogen-bond acceptors (Lipinski definition) is 24. The van der Waals surface area contributed by atoms with Crippen LogP contribution < -0.4 is 32.6 Å². The zero-order valence-corrected chi connectivity index (χ0v) is 62.2. The quantitative estimate of drug-likeness (QED) is 0.0197. The molecule has 0 bridgehead atoms. The van der Waals surface area contributed by atoms with E-state index in [0.717, 1.165) is 102 Å². The summed E-state index contributed by atoms with van der Waals surface area (Å²) in [5, 5.41) is 78.0. The third-order valence-corrected chi connectivity index (χ3v) is 15.4. The Balaban J connectivity index is 0.000000189. The molecule has 0 radical (unpaired) electrons. The van der Waals surface area contributed by atoms with Crippen LogP contribution in [0.1, 0.15) is 137 Å². The molecular formula is C84H78N18O12. The lowest BCUT2D eigenvalue weighted by Gasteiger charge is -2.03. The molecular weight excluding hydrogens is 1450 g/mol. The molecule has 0 atom stereocenters. The lowest BCUT2D eigenvalue weighted by molar-refractivity contribution is 0.0686. The van der Waals surface area contributed by atoms with Gasteiger partial charge in [0.2, 0.25) is 0 Å². The fourth-order valence-electron chi connectivity index (χ4n) is 8.86. The maximum Gasteiger partial charge on any atom is 0.335 e. The van der Waals surface area contributed by atoms with Crippen molar-refractivity contribution < 1.29 is 59.4 Å². The van der Waals surface area contributed by atoms with Gasteiger partial charge in [-0.2, -0.15) is 30.6 Å². The molecule has 30 nitrogen and oxygen atoms in total. The highest BCUT2D eigenvalue weighted by Gasteiger charge is 2.09. The number of benzene rings is 6. The van der Waals surface area contributed by atoms with Crippen LogP contribution in [-0.2, 0) is 0 Å². The summed E-state index contributed by atoms with van der Waals surface area (Å²) < 4.78 is 0. The highest BCUT2D eigenvalue weighted by atomic mass is 16.4. The molecule has 0 saturated heterocycles. The van der Waals surface area contributed by atoms with Crippen molar-refractivity contribution in [1.29, 1.82) is 0 Å². The fourth-order valence-corrected chi connectivity index (χ4v) is 8.86. The average Bonchev–Trinajstić information content (AvgIpc) is 0.897. The molecule has 12 N–H and O–H groups in total. The topological polar surface area (TPSA) is 447 Å². The summed E-state index contributed by atoms with van der Waals surface area (Å²) in [6, 6.07) is 60.9. The number of aromatic carboxylic acids is 6. The standard InChI is InChI=1S/6C14H13N3O2/c6*1-10(12-3-2-8-15-9-12)16-17-13-6-4-11(5-7-13)14(18)19/h6*2-9,17H,1H3,(H,18,19)/b6*16-10+. The molecule has 6 aromatic carbocycles. The molecule has 576 valence electrons. The Labute approximate surface area is 654 Å². The number of carbonyl (C=O) groups is 6. The molecule has 0 unspecified atom stereocenters. The van der Waals surface area contributed by atoms with Crippen LogP contribution >= 0.6 is 0 Å². The number of rotatable bonds is 24. The van der Waals surface area contributed by atoms with E-state index in [9.17, 15) is 28.8 Å². The molecule has 0 amide bonds. The number of carboxylic acid groups (broad SMARTS) is 6. The Kier molecular flexibility index (Phi) is 34.0. The van der Waals surface area contributed by atoms with E-state index in [1.54, 1.807) is 147 Å². The Morgan fingerprint density at radius 2 is 0.325 bits per heavy atom. The van der Waals surface area contributed by atoms with E-state index in [1.807, 2.05) is 114 Å². The first-order chi connectivity index (χ1) is 55.0. The second kappa shape index (κ2) is 45.5. The summed E-state index contributed by atoms with van der Waals surface area (Å²) >= 11 is 0. The molecule has 0 aliphatic carbocycles. The predicted octanol–water partition coefficient (Wildman–Crippen LogP) is 15.7. The molecule has 12 rings (SSSR count). The lowest BCUT2D eigenvalue weighted by atomic mass is 10.2. The van der Waals surface area contributed by atoms with E-state index in [4.69, 9.17) is 30.6 Å². The molecule has 0 aliphatic heterocycles. The number of aromatic nitrogens is 6. The van der Waals surface area contributed by atoms with Gasteiger partial charge in [0.25, 0.3) is 0 Å². The summed E-state index contributed by atoms with van der Waals surface area (Å²) in [4.78, 5) is 88.4. The Hall–Kier alpha value is -16.1. The van der Waals surface area contributed by atoms with E-state index in [-0.39, 0.29) is 33.4 Å². The molecule has 0 aliphatic rings. The number of nitrogens with one attached hydrogen (secondary N) is 6. The van der Waals surface area contributed by atoms with Gasteiger partial charge in [0.05, 0.1) is 102 Å². The van der Waals surface area contributed by atoms with Crippen LogP contribution in [-0.4, -0.2) is 131 Å². The molecule has 0 fully saturated rings. The van der Waals surface area contributed by atoms with Crippen molar-refractivity contribution in [2.75, 3.05) is 32.6 Å².